The fraction of sp³-hybridized carbons (Fsp3) is 0.778. The summed E-state index contributed by atoms with van der Waals surface area (Å²) in [7, 11) is 0. The highest BCUT2D eigenvalue weighted by Crippen LogP contribution is 2.14. The molecule has 0 aliphatic rings. The molecule has 0 saturated heterocycles. The maximum absolute atomic E-state index is 3.32. The lowest BCUT2D eigenvalue weighted by atomic mass is 9.93. The lowest BCUT2D eigenvalue weighted by Gasteiger charge is -2.19. The Labute approximate surface area is 64.5 Å². The maximum atomic E-state index is 3.32. The summed E-state index contributed by atoms with van der Waals surface area (Å²) in [5, 5.41) is 3.32. The van der Waals surface area contributed by atoms with Crippen LogP contribution in [0.3, 0.4) is 0 Å². The second kappa shape index (κ2) is 4.51. The van der Waals surface area contributed by atoms with Crippen LogP contribution >= 0.6 is 0 Å². The molecule has 0 atom stereocenters. The molecule has 0 amide bonds. The first-order valence-corrected chi connectivity index (χ1v) is 3.97. The highest BCUT2D eigenvalue weighted by molar-refractivity contribution is 4.93. The Morgan fingerprint density at radius 2 is 2.00 bits per heavy atom. The molecule has 0 radical (unpaired) electrons. The minimum Gasteiger partial charge on any atom is -0.316 e. The zero-order valence-corrected chi connectivity index (χ0v) is 7.57. The zero-order chi connectivity index (χ0) is 8.04. The van der Waals surface area contributed by atoms with Crippen molar-refractivity contribution in [2.45, 2.75) is 27.7 Å². The highest BCUT2D eigenvalue weighted by Gasteiger charge is 2.10. The summed E-state index contributed by atoms with van der Waals surface area (Å²) < 4.78 is 0. The van der Waals surface area contributed by atoms with Crippen LogP contribution in [0.25, 0.3) is 0 Å². The van der Waals surface area contributed by atoms with E-state index in [9.17, 15) is 0 Å². The van der Waals surface area contributed by atoms with Gasteiger partial charge >= 0.3 is 0 Å². The molecule has 1 N–H and O–H groups in total. The summed E-state index contributed by atoms with van der Waals surface area (Å²) in [4.78, 5) is 0. The third kappa shape index (κ3) is 4.57. The lowest BCUT2D eigenvalue weighted by molar-refractivity contribution is 0.440. The SMILES string of the molecule is C/C=C/C(C)(C)CNCC. The van der Waals surface area contributed by atoms with Gasteiger partial charge in [0.05, 0.1) is 0 Å². The molecule has 0 saturated carbocycles. The predicted molar refractivity (Wildman–Crippen MR) is 47.1 cm³/mol. The fourth-order valence-electron chi connectivity index (χ4n) is 0.957. The van der Waals surface area contributed by atoms with Crippen molar-refractivity contribution in [1.29, 1.82) is 0 Å². The van der Waals surface area contributed by atoms with Gasteiger partial charge in [0, 0.05) is 6.54 Å². The molecular formula is C9H19N. The average Bonchev–Trinajstić information content (AvgIpc) is 1.84. The molecule has 0 aromatic carbocycles. The van der Waals surface area contributed by atoms with Gasteiger partial charge in [-0.2, -0.15) is 0 Å². The largest absolute Gasteiger partial charge is 0.316 e. The van der Waals surface area contributed by atoms with E-state index >= 15 is 0 Å². The van der Waals surface area contributed by atoms with E-state index in [0.29, 0.717) is 5.41 Å². The molecule has 10 heavy (non-hydrogen) atoms. The fourth-order valence-corrected chi connectivity index (χ4v) is 0.957. The summed E-state index contributed by atoms with van der Waals surface area (Å²) in [6, 6.07) is 0. The molecule has 0 aromatic heterocycles. The van der Waals surface area contributed by atoms with Crippen LogP contribution < -0.4 is 5.32 Å². The second-order valence-corrected chi connectivity index (χ2v) is 3.27. The molecule has 60 valence electrons. The van der Waals surface area contributed by atoms with Gasteiger partial charge in [-0.05, 0) is 18.9 Å². The predicted octanol–water partition coefficient (Wildman–Crippen LogP) is 2.20. The Balaban J connectivity index is 3.63. The Bertz CT molecular complexity index is 103. The van der Waals surface area contributed by atoms with Gasteiger partial charge in [-0.15, -0.1) is 0 Å². The number of rotatable bonds is 4. The number of hydrogen-bond acceptors (Lipinski definition) is 1. The molecule has 0 bridgehead atoms. The Morgan fingerprint density at radius 3 is 2.40 bits per heavy atom. The van der Waals surface area contributed by atoms with Crippen LogP contribution in [0, 0.1) is 5.41 Å². The van der Waals surface area contributed by atoms with Crippen LogP contribution in [-0.4, -0.2) is 13.1 Å². The summed E-state index contributed by atoms with van der Waals surface area (Å²) in [5.74, 6) is 0. The number of hydrogen-bond donors (Lipinski definition) is 1. The Morgan fingerprint density at radius 1 is 1.40 bits per heavy atom. The van der Waals surface area contributed by atoms with Gasteiger partial charge in [-0.25, -0.2) is 0 Å². The van der Waals surface area contributed by atoms with Crippen LogP contribution in [0.1, 0.15) is 27.7 Å². The van der Waals surface area contributed by atoms with E-state index in [2.05, 4.69) is 45.2 Å². The van der Waals surface area contributed by atoms with Crippen LogP contribution in [0.4, 0.5) is 0 Å². The molecule has 0 unspecified atom stereocenters. The summed E-state index contributed by atoms with van der Waals surface area (Å²) >= 11 is 0. The molecule has 0 aliphatic carbocycles. The molecule has 0 heterocycles. The molecule has 0 aromatic rings. The molecule has 0 rings (SSSR count). The van der Waals surface area contributed by atoms with Gasteiger partial charge < -0.3 is 5.32 Å². The second-order valence-electron chi connectivity index (χ2n) is 3.27. The Hall–Kier alpha value is -0.300. The van der Waals surface area contributed by atoms with E-state index in [4.69, 9.17) is 0 Å². The van der Waals surface area contributed by atoms with Gasteiger partial charge in [0.2, 0.25) is 0 Å². The molecule has 1 heteroatoms. The number of allylic oxidation sites excluding steroid dienone is 1. The van der Waals surface area contributed by atoms with Crippen molar-refractivity contribution in [3.8, 4) is 0 Å². The third-order valence-electron chi connectivity index (χ3n) is 1.45. The van der Waals surface area contributed by atoms with Crippen molar-refractivity contribution < 1.29 is 0 Å². The Kier molecular flexibility index (Phi) is 4.37. The van der Waals surface area contributed by atoms with E-state index in [-0.39, 0.29) is 0 Å². The van der Waals surface area contributed by atoms with E-state index in [1.54, 1.807) is 0 Å². The van der Waals surface area contributed by atoms with E-state index < -0.39 is 0 Å². The van der Waals surface area contributed by atoms with Gasteiger partial charge in [-0.1, -0.05) is 32.9 Å². The molecular weight excluding hydrogens is 122 g/mol. The van der Waals surface area contributed by atoms with Crippen LogP contribution in [0.15, 0.2) is 12.2 Å². The molecule has 0 fully saturated rings. The normalized spacial score (nSPS) is 12.8. The third-order valence-corrected chi connectivity index (χ3v) is 1.45. The van der Waals surface area contributed by atoms with Gasteiger partial charge in [0.1, 0.15) is 0 Å². The minimum absolute atomic E-state index is 0.310. The molecule has 0 spiro atoms. The monoisotopic (exact) mass is 141 g/mol. The average molecular weight is 141 g/mol. The van der Waals surface area contributed by atoms with Crippen molar-refractivity contribution in [3.05, 3.63) is 12.2 Å². The summed E-state index contributed by atoms with van der Waals surface area (Å²) in [6.07, 6.45) is 4.34. The van der Waals surface area contributed by atoms with Crippen molar-refractivity contribution in [2.24, 2.45) is 5.41 Å². The van der Waals surface area contributed by atoms with Gasteiger partial charge in [0.15, 0.2) is 0 Å². The standard InChI is InChI=1S/C9H19N/c1-5-7-9(3,4)8-10-6-2/h5,7,10H,6,8H2,1-4H3/b7-5+. The lowest BCUT2D eigenvalue weighted by Crippen LogP contribution is -2.27. The van der Waals surface area contributed by atoms with Crippen molar-refractivity contribution in [2.75, 3.05) is 13.1 Å². The van der Waals surface area contributed by atoms with Crippen LogP contribution in [-0.2, 0) is 0 Å². The van der Waals surface area contributed by atoms with Crippen LogP contribution in [0.2, 0.25) is 0 Å². The maximum Gasteiger partial charge on any atom is 0.00371 e. The first-order chi connectivity index (χ1) is 4.62. The number of nitrogens with one attached hydrogen (secondary N) is 1. The summed E-state index contributed by atoms with van der Waals surface area (Å²) in [6.45, 7) is 10.8. The summed E-state index contributed by atoms with van der Waals surface area (Å²) in [5.41, 5.74) is 0.310. The molecule has 1 nitrogen and oxygen atoms in total. The van der Waals surface area contributed by atoms with Crippen molar-refractivity contribution in [3.63, 3.8) is 0 Å². The zero-order valence-electron chi connectivity index (χ0n) is 7.57. The van der Waals surface area contributed by atoms with Crippen molar-refractivity contribution >= 4 is 0 Å². The topological polar surface area (TPSA) is 12.0 Å². The first-order valence-electron chi connectivity index (χ1n) is 3.97. The smallest absolute Gasteiger partial charge is 0.00371 e. The molecule has 0 aliphatic heterocycles. The first kappa shape index (κ1) is 9.70. The minimum atomic E-state index is 0.310. The quantitative estimate of drug-likeness (QED) is 0.592. The van der Waals surface area contributed by atoms with E-state index in [1.807, 2.05) is 0 Å². The van der Waals surface area contributed by atoms with E-state index in [1.165, 1.54) is 0 Å². The van der Waals surface area contributed by atoms with Gasteiger partial charge in [0.25, 0.3) is 0 Å². The highest BCUT2D eigenvalue weighted by atomic mass is 14.9. The van der Waals surface area contributed by atoms with E-state index in [0.717, 1.165) is 13.1 Å². The van der Waals surface area contributed by atoms with Gasteiger partial charge in [-0.3, -0.25) is 0 Å². The van der Waals surface area contributed by atoms with Crippen LogP contribution in [0.5, 0.6) is 0 Å². The van der Waals surface area contributed by atoms with Crippen molar-refractivity contribution in [1.82, 2.24) is 5.32 Å².